The number of carbonyl (C=O) groups is 1. The molecule has 0 aromatic heterocycles. The predicted molar refractivity (Wildman–Crippen MR) is 43.0 cm³/mol. The van der Waals surface area contributed by atoms with Crippen molar-refractivity contribution in [1.29, 1.82) is 0 Å². The van der Waals surface area contributed by atoms with E-state index in [9.17, 15) is 4.79 Å². The van der Waals surface area contributed by atoms with Gasteiger partial charge < -0.3 is 5.32 Å². The van der Waals surface area contributed by atoms with Crippen LogP contribution in [0.3, 0.4) is 0 Å². The maximum absolute atomic E-state index is 10.8. The second-order valence-electron chi connectivity index (χ2n) is 2.61. The minimum absolute atomic E-state index is 0.0440. The van der Waals surface area contributed by atoms with Crippen LogP contribution in [0.25, 0.3) is 0 Å². The SMILES string of the molecule is C=C(C)CC(NC)C(C)=O. The summed E-state index contributed by atoms with van der Waals surface area (Å²) in [7, 11) is 1.79. The lowest BCUT2D eigenvalue weighted by Crippen LogP contribution is -2.32. The normalized spacial score (nSPS) is 12.7. The Balaban J connectivity index is 3.83. The van der Waals surface area contributed by atoms with Gasteiger partial charge in [0.05, 0.1) is 6.04 Å². The topological polar surface area (TPSA) is 29.1 Å². The highest BCUT2D eigenvalue weighted by molar-refractivity contribution is 5.81. The number of hydrogen-bond donors (Lipinski definition) is 1. The molecule has 0 fully saturated rings. The Labute approximate surface area is 62.3 Å². The van der Waals surface area contributed by atoms with Gasteiger partial charge in [-0.3, -0.25) is 4.79 Å². The van der Waals surface area contributed by atoms with Gasteiger partial charge in [-0.1, -0.05) is 5.57 Å². The summed E-state index contributed by atoms with van der Waals surface area (Å²) >= 11 is 0. The molecule has 0 saturated heterocycles. The quantitative estimate of drug-likeness (QED) is 0.595. The molecule has 0 aliphatic rings. The van der Waals surface area contributed by atoms with Crippen molar-refractivity contribution in [1.82, 2.24) is 5.32 Å². The molecule has 0 bridgehead atoms. The summed E-state index contributed by atoms with van der Waals surface area (Å²) in [5.74, 6) is 0.172. The maximum atomic E-state index is 10.8. The second-order valence-corrected chi connectivity index (χ2v) is 2.61. The Morgan fingerprint density at radius 1 is 1.60 bits per heavy atom. The van der Waals surface area contributed by atoms with Crippen molar-refractivity contribution in [3.63, 3.8) is 0 Å². The molecule has 0 aliphatic heterocycles. The minimum atomic E-state index is -0.0440. The van der Waals surface area contributed by atoms with Gasteiger partial charge in [0.2, 0.25) is 0 Å². The lowest BCUT2D eigenvalue weighted by atomic mass is 10.1. The number of carbonyl (C=O) groups excluding carboxylic acids is 1. The molecule has 2 nitrogen and oxygen atoms in total. The Morgan fingerprint density at radius 3 is 2.20 bits per heavy atom. The zero-order chi connectivity index (χ0) is 8.15. The monoisotopic (exact) mass is 141 g/mol. The zero-order valence-corrected chi connectivity index (χ0v) is 6.90. The molecule has 0 aromatic carbocycles. The van der Waals surface area contributed by atoms with Crippen molar-refractivity contribution in [2.45, 2.75) is 26.3 Å². The minimum Gasteiger partial charge on any atom is -0.310 e. The van der Waals surface area contributed by atoms with Crippen LogP contribution in [0.4, 0.5) is 0 Å². The maximum Gasteiger partial charge on any atom is 0.146 e. The molecule has 0 heterocycles. The summed E-state index contributed by atoms with van der Waals surface area (Å²) in [5.41, 5.74) is 1.04. The Hall–Kier alpha value is -0.630. The van der Waals surface area contributed by atoms with Gasteiger partial charge in [-0.05, 0) is 27.3 Å². The third kappa shape index (κ3) is 3.41. The van der Waals surface area contributed by atoms with Crippen LogP contribution in [-0.4, -0.2) is 18.9 Å². The predicted octanol–water partition coefficient (Wildman–Crippen LogP) is 1.13. The van der Waals surface area contributed by atoms with E-state index in [1.165, 1.54) is 0 Å². The van der Waals surface area contributed by atoms with Crippen molar-refractivity contribution in [3.05, 3.63) is 12.2 Å². The van der Waals surface area contributed by atoms with E-state index in [4.69, 9.17) is 0 Å². The van der Waals surface area contributed by atoms with E-state index in [0.29, 0.717) is 0 Å². The van der Waals surface area contributed by atoms with Crippen LogP contribution in [0.5, 0.6) is 0 Å². The smallest absolute Gasteiger partial charge is 0.146 e. The number of ketones is 1. The van der Waals surface area contributed by atoms with E-state index >= 15 is 0 Å². The first-order valence-electron chi connectivity index (χ1n) is 3.40. The van der Waals surface area contributed by atoms with E-state index in [1.807, 2.05) is 6.92 Å². The standard InChI is InChI=1S/C8H15NO/c1-6(2)5-8(9-4)7(3)10/h8-9H,1,5H2,2-4H3. The molecule has 0 spiro atoms. The summed E-state index contributed by atoms with van der Waals surface area (Å²) < 4.78 is 0. The fourth-order valence-corrected chi connectivity index (χ4v) is 0.798. The number of likely N-dealkylation sites (N-methyl/N-ethyl adjacent to an activating group) is 1. The summed E-state index contributed by atoms with van der Waals surface area (Å²) in [6, 6.07) is -0.0440. The average Bonchev–Trinajstić information content (AvgIpc) is 1.81. The Bertz CT molecular complexity index is 140. The van der Waals surface area contributed by atoms with Gasteiger partial charge in [0, 0.05) is 0 Å². The highest BCUT2D eigenvalue weighted by Crippen LogP contribution is 2.01. The van der Waals surface area contributed by atoms with Crippen LogP contribution in [0.1, 0.15) is 20.3 Å². The Kier molecular flexibility index (Phi) is 3.96. The number of hydrogen-bond acceptors (Lipinski definition) is 2. The first-order chi connectivity index (χ1) is 4.57. The molecule has 0 amide bonds. The van der Waals surface area contributed by atoms with Crippen molar-refractivity contribution < 1.29 is 4.79 Å². The molecular weight excluding hydrogens is 126 g/mol. The van der Waals surface area contributed by atoms with Crippen LogP contribution in [0.15, 0.2) is 12.2 Å². The van der Waals surface area contributed by atoms with E-state index in [2.05, 4.69) is 11.9 Å². The molecule has 1 unspecified atom stereocenters. The number of nitrogens with one attached hydrogen (secondary N) is 1. The third-order valence-corrected chi connectivity index (χ3v) is 1.39. The van der Waals surface area contributed by atoms with Crippen molar-refractivity contribution >= 4 is 5.78 Å². The third-order valence-electron chi connectivity index (χ3n) is 1.39. The average molecular weight is 141 g/mol. The summed E-state index contributed by atoms with van der Waals surface area (Å²) in [6.45, 7) is 7.24. The van der Waals surface area contributed by atoms with Crippen LogP contribution in [0.2, 0.25) is 0 Å². The van der Waals surface area contributed by atoms with Crippen LogP contribution < -0.4 is 5.32 Å². The molecule has 0 radical (unpaired) electrons. The molecule has 1 atom stereocenters. The number of rotatable bonds is 4. The zero-order valence-electron chi connectivity index (χ0n) is 6.90. The summed E-state index contributed by atoms with van der Waals surface area (Å²) in [5, 5.41) is 2.92. The largest absolute Gasteiger partial charge is 0.310 e. The molecule has 10 heavy (non-hydrogen) atoms. The Morgan fingerprint density at radius 2 is 2.10 bits per heavy atom. The molecule has 0 aromatic rings. The van der Waals surface area contributed by atoms with Gasteiger partial charge in [-0.15, -0.1) is 6.58 Å². The van der Waals surface area contributed by atoms with Gasteiger partial charge in [-0.2, -0.15) is 0 Å². The molecule has 0 saturated carbocycles. The van der Waals surface area contributed by atoms with Gasteiger partial charge in [0.15, 0.2) is 0 Å². The first kappa shape index (κ1) is 9.37. The highest BCUT2D eigenvalue weighted by atomic mass is 16.1. The van der Waals surface area contributed by atoms with Crippen LogP contribution in [0, 0.1) is 0 Å². The first-order valence-corrected chi connectivity index (χ1v) is 3.40. The van der Waals surface area contributed by atoms with E-state index in [1.54, 1.807) is 14.0 Å². The fraction of sp³-hybridized carbons (Fsp3) is 0.625. The molecule has 58 valence electrons. The van der Waals surface area contributed by atoms with Gasteiger partial charge in [0.1, 0.15) is 5.78 Å². The van der Waals surface area contributed by atoms with Crippen LogP contribution >= 0.6 is 0 Å². The van der Waals surface area contributed by atoms with Gasteiger partial charge in [-0.25, -0.2) is 0 Å². The van der Waals surface area contributed by atoms with E-state index in [-0.39, 0.29) is 11.8 Å². The second kappa shape index (κ2) is 4.23. The van der Waals surface area contributed by atoms with Gasteiger partial charge >= 0.3 is 0 Å². The molecule has 2 heteroatoms. The molecule has 0 rings (SSSR count). The van der Waals surface area contributed by atoms with Crippen molar-refractivity contribution in [2.75, 3.05) is 7.05 Å². The molecule has 1 N–H and O–H groups in total. The lowest BCUT2D eigenvalue weighted by molar-refractivity contribution is -0.118. The van der Waals surface area contributed by atoms with Crippen molar-refractivity contribution in [3.8, 4) is 0 Å². The van der Waals surface area contributed by atoms with Crippen molar-refractivity contribution in [2.24, 2.45) is 0 Å². The molecular formula is C8H15NO. The highest BCUT2D eigenvalue weighted by Gasteiger charge is 2.09. The van der Waals surface area contributed by atoms with Crippen LogP contribution in [-0.2, 0) is 4.79 Å². The molecule has 0 aliphatic carbocycles. The van der Waals surface area contributed by atoms with E-state index in [0.717, 1.165) is 12.0 Å². The van der Waals surface area contributed by atoms with Gasteiger partial charge in [0.25, 0.3) is 0 Å². The van der Waals surface area contributed by atoms with E-state index < -0.39 is 0 Å². The number of Topliss-reactive ketones (excluding diaryl/α,β-unsaturated/α-hetero) is 1. The summed E-state index contributed by atoms with van der Waals surface area (Å²) in [6.07, 6.45) is 0.742. The summed E-state index contributed by atoms with van der Waals surface area (Å²) in [4.78, 5) is 10.8. The fourth-order valence-electron chi connectivity index (χ4n) is 0.798. The lowest BCUT2D eigenvalue weighted by Gasteiger charge is -2.11.